The van der Waals surface area contributed by atoms with Gasteiger partial charge in [-0.1, -0.05) is 26.8 Å². The van der Waals surface area contributed by atoms with E-state index in [0.29, 0.717) is 15.1 Å². The number of rotatable bonds is 3. The molecule has 5 aromatic rings. The third-order valence-electron chi connectivity index (χ3n) is 5.35. The number of hydrogen-bond donors (Lipinski definition) is 1. The number of thiophene rings is 3. The minimum Gasteiger partial charge on any atom is -0.267 e. The highest BCUT2D eigenvalue weighted by Crippen LogP contribution is 2.34. The largest absolute Gasteiger partial charge is 0.281 e. The molecule has 0 aliphatic rings. The Morgan fingerprint density at radius 1 is 1.09 bits per heavy atom. The van der Waals surface area contributed by atoms with E-state index in [4.69, 9.17) is 4.98 Å². The maximum Gasteiger partial charge on any atom is 0.281 e. The van der Waals surface area contributed by atoms with Gasteiger partial charge in [0.1, 0.15) is 21.8 Å². The van der Waals surface area contributed by atoms with Crippen LogP contribution in [0, 0.1) is 13.8 Å². The second-order valence-electron chi connectivity index (χ2n) is 8.79. The minimum atomic E-state index is -0.372. The number of carbonyl (C=O) groups excluding carboxylic acids is 1. The molecule has 1 N–H and O–H groups in total. The summed E-state index contributed by atoms with van der Waals surface area (Å²) in [7, 11) is 0. The molecule has 0 spiro atoms. The fourth-order valence-corrected chi connectivity index (χ4v) is 6.52. The second-order valence-corrected chi connectivity index (χ2v) is 11.6. The van der Waals surface area contributed by atoms with Gasteiger partial charge in [-0.2, -0.15) is 0 Å². The predicted octanol–water partition coefficient (Wildman–Crippen LogP) is 5.49. The fourth-order valence-electron chi connectivity index (χ4n) is 3.68. The first-order valence-corrected chi connectivity index (χ1v) is 12.8. The van der Waals surface area contributed by atoms with Crippen LogP contribution in [-0.4, -0.2) is 25.5 Å². The lowest BCUT2D eigenvalue weighted by molar-refractivity contribution is 0.101. The van der Waals surface area contributed by atoms with Crippen molar-refractivity contribution >= 4 is 60.4 Å². The first-order chi connectivity index (χ1) is 15.6. The van der Waals surface area contributed by atoms with E-state index in [9.17, 15) is 9.59 Å². The van der Waals surface area contributed by atoms with Crippen LogP contribution in [0.2, 0.25) is 0 Å². The molecule has 0 aromatic carbocycles. The van der Waals surface area contributed by atoms with Gasteiger partial charge in [0.05, 0.1) is 16.0 Å². The number of nitrogens with zero attached hydrogens (tertiary/aromatic N) is 4. The molecule has 0 unspecified atom stereocenters. The van der Waals surface area contributed by atoms with Crippen LogP contribution in [0.4, 0.5) is 0 Å². The summed E-state index contributed by atoms with van der Waals surface area (Å²) in [5.74, 6) is 0.369. The first kappa shape index (κ1) is 21.9. The Morgan fingerprint density at radius 2 is 1.88 bits per heavy atom. The van der Waals surface area contributed by atoms with Gasteiger partial charge < -0.3 is 0 Å². The molecular formula is C23H21N5O2S3. The maximum absolute atomic E-state index is 13.2. The van der Waals surface area contributed by atoms with E-state index in [0.717, 1.165) is 42.4 Å². The average molecular weight is 496 g/mol. The van der Waals surface area contributed by atoms with Gasteiger partial charge in [-0.05, 0) is 30.9 Å². The average Bonchev–Trinajstić information content (AvgIpc) is 3.48. The number of fused-ring (bicyclic) bond motifs is 2. The molecule has 0 radical (unpaired) electrons. The number of aromatic nitrogens is 4. The van der Waals surface area contributed by atoms with Crippen molar-refractivity contribution in [2.45, 2.75) is 40.0 Å². The van der Waals surface area contributed by atoms with Crippen molar-refractivity contribution in [1.82, 2.24) is 19.6 Å². The SMILES string of the molecule is Cc1nc(C(C)(C)C)nc2sc(C(=O)Nn3cnc4scc(-c5cccs5)c4c3=O)c(C)c12. The number of aryl methyl sites for hydroxylation is 2. The smallest absolute Gasteiger partial charge is 0.267 e. The van der Waals surface area contributed by atoms with E-state index in [1.54, 1.807) is 11.3 Å². The molecule has 10 heteroatoms. The molecule has 33 heavy (non-hydrogen) atoms. The highest BCUT2D eigenvalue weighted by atomic mass is 32.1. The molecule has 0 aliphatic heterocycles. The van der Waals surface area contributed by atoms with Crippen LogP contribution in [0.1, 0.15) is 47.5 Å². The summed E-state index contributed by atoms with van der Waals surface area (Å²) in [4.78, 5) is 43.1. The monoisotopic (exact) mass is 495 g/mol. The lowest BCUT2D eigenvalue weighted by atomic mass is 9.95. The highest BCUT2D eigenvalue weighted by molar-refractivity contribution is 7.20. The molecule has 0 saturated carbocycles. The van der Waals surface area contributed by atoms with Crippen molar-refractivity contribution in [3.8, 4) is 10.4 Å². The van der Waals surface area contributed by atoms with Crippen LogP contribution < -0.4 is 11.0 Å². The van der Waals surface area contributed by atoms with E-state index in [1.165, 1.54) is 29.0 Å². The summed E-state index contributed by atoms with van der Waals surface area (Å²) in [5.41, 5.74) is 4.71. The van der Waals surface area contributed by atoms with Crippen molar-refractivity contribution in [2.24, 2.45) is 0 Å². The number of hydrogen-bond acceptors (Lipinski definition) is 8. The zero-order valence-corrected chi connectivity index (χ0v) is 21.2. The van der Waals surface area contributed by atoms with Gasteiger partial charge >= 0.3 is 0 Å². The summed E-state index contributed by atoms with van der Waals surface area (Å²) in [6.45, 7) is 10.0. The molecule has 1 amide bonds. The van der Waals surface area contributed by atoms with Crippen LogP contribution in [0.5, 0.6) is 0 Å². The van der Waals surface area contributed by atoms with Gasteiger partial charge in [-0.3, -0.25) is 15.0 Å². The van der Waals surface area contributed by atoms with Gasteiger partial charge in [-0.25, -0.2) is 19.6 Å². The quantitative estimate of drug-likeness (QED) is 0.357. The molecule has 0 bridgehead atoms. The molecule has 0 atom stereocenters. The van der Waals surface area contributed by atoms with Crippen molar-refractivity contribution in [2.75, 3.05) is 5.43 Å². The third-order valence-corrected chi connectivity index (χ3v) is 8.33. The zero-order chi connectivity index (χ0) is 23.5. The molecule has 7 nitrogen and oxygen atoms in total. The Morgan fingerprint density at radius 3 is 2.58 bits per heavy atom. The van der Waals surface area contributed by atoms with Gasteiger partial charge in [-0.15, -0.1) is 34.0 Å². The Labute approximate surface area is 201 Å². The van der Waals surface area contributed by atoms with E-state index in [2.05, 4.69) is 36.2 Å². The maximum atomic E-state index is 13.2. The van der Waals surface area contributed by atoms with Crippen LogP contribution in [-0.2, 0) is 5.41 Å². The van der Waals surface area contributed by atoms with Gasteiger partial charge in [0.25, 0.3) is 11.5 Å². The van der Waals surface area contributed by atoms with Crippen molar-refractivity contribution in [3.05, 3.63) is 61.5 Å². The van der Waals surface area contributed by atoms with E-state index >= 15 is 0 Å². The first-order valence-electron chi connectivity index (χ1n) is 10.3. The molecule has 0 fully saturated rings. The zero-order valence-electron chi connectivity index (χ0n) is 18.7. The Kier molecular flexibility index (Phi) is 5.19. The molecule has 168 valence electrons. The molecule has 0 aliphatic carbocycles. The third kappa shape index (κ3) is 3.68. The van der Waals surface area contributed by atoms with Crippen molar-refractivity contribution in [3.63, 3.8) is 0 Å². The topological polar surface area (TPSA) is 89.8 Å². The van der Waals surface area contributed by atoms with Gasteiger partial charge in [0.15, 0.2) is 0 Å². The second kappa shape index (κ2) is 7.82. The Bertz CT molecular complexity index is 1590. The number of carbonyl (C=O) groups is 1. The lowest BCUT2D eigenvalue weighted by Gasteiger charge is -2.16. The normalized spacial score (nSPS) is 12.0. The standard InChI is InChI=1S/C23H21N5O2S3/c1-11-15-12(2)25-22(23(3,4)5)26-20(15)33-17(11)18(29)27-28-10-24-19-16(21(28)30)13(9-32-19)14-7-6-8-31-14/h6-10H,1-5H3,(H,27,29). The van der Waals surface area contributed by atoms with Gasteiger partial charge in [0.2, 0.25) is 0 Å². The highest BCUT2D eigenvalue weighted by Gasteiger charge is 2.24. The minimum absolute atomic E-state index is 0.200. The van der Waals surface area contributed by atoms with E-state index in [1.807, 2.05) is 36.7 Å². The Balaban J connectivity index is 1.56. The van der Waals surface area contributed by atoms with Crippen LogP contribution in [0.15, 0.2) is 34.0 Å². The number of nitrogens with one attached hydrogen (secondary N) is 1. The molecule has 5 aromatic heterocycles. The lowest BCUT2D eigenvalue weighted by Crippen LogP contribution is -2.33. The van der Waals surface area contributed by atoms with Crippen molar-refractivity contribution in [1.29, 1.82) is 0 Å². The summed E-state index contributed by atoms with van der Waals surface area (Å²) in [6, 6.07) is 3.91. The van der Waals surface area contributed by atoms with E-state index < -0.39 is 0 Å². The summed E-state index contributed by atoms with van der Waals surface area (Å²) >= 11 is 4.29. The summed E-state index contributed by atoms with van der Waals surface area (Å²) in [6.07, 6.45) is 1.36. The van der Waals surface area contributed by atoms with E-state index in [-0.39, 0.29) is 16.9 Å². The predicted molar refractivity (Wildman–Crippen MR) is 136 cm³/mol. The summed E-state index contributed by atoms with van der Waals surface area (Å²) < 4.78 is 1.16. The number of amides is 1. The van der Waals surface area contributed by atoms with Gasteiger partial charge in [0, 0.05) is 26.6 Å². The Hall–Kier alpha value is -2.95. The molecule has 0 saturated heterocycles. The molecular weight excluding hydrogens is 474 g/mol. The van der Waals surface area contributed by atoms with Crippen LogP contribution in [0.25, 0.3) is 30.9 Å². The summed E-state index contributed by atoms with van der Waals surface area (Å²) in [5, 5.41) is 5.30. The van der Waals surface area contributed by atoms with Crippen LogP contribution >= 0.6 is 34.0 Å². The fraction of sp³-hybridized carbons (Fsp3) is 0.261. The van der Waals surface area contributed by atoms with Crippen LogP contribution in [0.3, 0.4) is 0 Å². The molecule has 5 rings (SSSR count). The van der Waals surface area contributed by atoms with Crippen molar-refractivity contribution < 1.29 is 4.79 Å². The molecule has 5 heterocycles.